The number of pyridine rings is 1. The van der Waals surface area contributed by atoms with Crippen molar-refractivity contribution in [1.82, 2.24) is 14.8 Å². The van der Waals surface area contributed by atoms with Gasteiger partial charge in [0.2, 0.25) is 0 Å². The van der Waals surface area contributed by atoms with E-state index in [1.54, 1.807) is 19.4 Å². The van der Waals surface area contributed by atoms with Gasteiger partial charge in [0, 0.05) is 23.9 Å². The van der Waals surface area contributed by atoms with Gasteiger partial charge >= 0.3 is 0 Å². The summed E-state index contributed by atoms with van der Waals surface area (Å²) in [6.07, 6.45) is 6.03. The second-order valence-corrected chi connectivity index (χ2v) is 17.6. The number of benzene rings is 2. The molecule has 1 aliphatic carbocycles. The van der Waals surface area contributed by atoms with E-state index in [9.17, 15) is 9.50 Å². The van der Waals surface area contributed by atoms with Gasteiger partial charge in [0.1, 0.15) is 11.6 Å². The number of nitrogens with zero attached hydrogens (tertiary/aromatic N) is 3. The number of rotatable bonds is 9. The highest BCUT2D eigenvalue weighted by Gasteiger charge is 2.40. The first-order chi connectivity index (χ1) is 20.0. The SMILES string of the molecule is COc1ccc(Cn2nc(N[C@H]3CC[C@H](O[Si](C)(C)C(C)(C)C)CC3)c3c(-c4ccc(CO)c(F)c4)ccnc32)cc1. The fraction of sp³-hybridized carbons (Fsp3) is 0.455. The van der Waals surface area contributed by atoms with Gasteiger partial charge in [-0.25, -0.2) is 14.1 Å². The molecular formula is C33H43FN4O3Si. The molecule has 0 radical (unpaired) electrons. The molecule has 1 fully saturated rings. The van der Waals surface area contributed by atoms with Crippen LogP contribution in [0.25, 0.3) is 22.2 Å². The molecule has 2 N–H and O–H groups in total. The zero-order valence-corrected chi connectivity index (χ0v) is 26.6. The Bertz CT molecular complexity index is 1520. The van der Waals surface area contributed by atoms with Crippen LogP contribution in [0.15, 0.2) is 54.7 Å². The molecule has 5 rings (SSSR count). The fourth-order valence-electron chi connectivity index (χ4n) is 5.41. The summed E-state index contributed by atoms with van der Waals surface area (Å²) in [5, 5.41) is 19.3. The number of anilines is 1. The first kappa shape index (κ1) is 30.2. The Morgan fingerprint density at radius 2 is 1.76 bits per heavy atom. The summed E-state index contributed by atoms with van der Waals surface area (Å²) >= 11 is 0. The van der Waals surface area contributed by atoms with Crippen molar-refractivity contribution in [3.05, 3.63) is 71.7 Å². The second kappa shape index (κ2) is 12.1. The van der Waals surface area contributed by atoms with E-state index in [-0.39, 0.29) is 23.3 Å². The standard InChI is InChI=1S/C33H43FN4O3Si/c1-33(2,3)42(5,6)41-27-15-11-25(12-16-27)36-31-30-28(23-9-10-24(21-39)29(34)19-23)17-18-35-32(30)38(37-31)20-22-7-13-26(40-4)14-8-22/h7-10,13-14,17-19,25,27,39H,11-12,15-16,20-21H2,1-6H3,(H,36,37)/t25-,27-. The molecule has 0 atom stereocenters. The van der Waals surface area contributed by atoms with Gasteiger partial charge in [0.15, 0.2) is 19.8 Å². The lowest BCUT2D eigenvalue weighted by molar-refractivity contribution is 0.133. The summed E-state index contributed by atoms with van der Waals surface area (Å²) in [6, 6.07) is 15.0. The smallest absolute Gasteiger partial charge is 0.192 e. The molecule has 1 aliphatic rings. The third-order valence-corrected chi connectivity index (χ3v) is 13.5. The number of halogens is 1. The number of hydrogen-bond donors (Lipinski definition) is 2. The van der Waals surface area contributed by atoms with Crippen molar-refractivity contribution in [3.8, 4) is 16.9 Å². The van der Waals surface area contributed by atoms with Crippen LogP contribution in [0.1, 0.15) is 57.6 Å². The van der Waals surface area contributed by atoms with Crippen molar-refractivity contribution in [3.63, 3.8) is 0 Å². The monoisotopic (exact) mass is 590 g/mol. The van der Waals surface area contributed by atoms with E-state index < -0.39 is 14.1 Å². The topological polar surface area (TPSA) is 81.4 Å². The molecule has 0 saturated heterocycles. The van der Waals surface area contributed by atoms with Gasteiger partial charge in [-0.05, 0) is 84.8 Å². The number of fused-ring (bicyclic) bond motifs is 1. The Morgan fingerprint density at radius 3 is 2.38 bits per heavy atom. The number of aliphatic hydroxyl groups excluding tert-OH is 1. The number of aromatic nitrogens is 3. The van der Waals surface area contributed by atoms with Crippen molar-refractivity contribution in [2.45, 2.75) is 89.9 Å². The summed E-state index contributed by atoms with van der Waals surface area (Å²) in [5.41, 5.74) is 3.64. The minimum atomic E-state index is -1.82. The first-order valence-corrected chi connectivity index (χ1v) is 17.7. The Labute approximate surface area is 249 Å². The van der Waals surface area contributed by atoms with Gasteiger partial charge in [-0.15, -0.1) is 0 Å². The number of nitrogens with one attached hydrogen (secondary N) is 1. The van der Waals surface area contributed by atoms with E-state index in [4.69, 9.17) is 19.2 Å². The highest BCUT2D eigenvalue weighted by molar-refractivity contribution is 6.74. The van der Waals surface area contributed by atoms with E-state index in [1.807, 2.05) is 41.1 Å². The van der Waals surface area contributed by atoms with Crippen molar-refractivity contribution in [2.75, 3.05) is 12.4 Å². The highest BCUT2D eigenvalue weighted by atomic mass is 28.4. The maximum absolute atomic E-state index is 14.8. The van der Waals surface area contributed by atoms with Gasteiger partial charge in [-0.3, -0.25) is 0 Å². The van der Waals surface area contributed by atoms with Gasteiger partial charge in [0.25, 0.3) is 0 Å². The summed E-state index contributed by atoms with van der Waals surface area (Å²) in [7, 11) is -0.165. The molecule has 2 aromatic heterocycles. The van der Waals surface area contributed by atoms with Crippen LogP contribution in [0.5, 0.6) is 5.75 Å². The van der Waals surface area contributed by atoms with Gasteiger partial charge in [-0.1, -0.05) is 45.0 Å². The van der Waals surface area contributed by atoms with Crippen LogP contribution < -0.4 is 10.1 Å². The minimum absolute atomic E-state index is 0.190. The van der Waals surface area contributed by atoms with Crippen molar-refractivity contribution >= 4 is 25.2 Å². The van der Waals surface area contributed by atoms with E-state index in [2.05, 4.69) is 39.2 Å². The second-order valence-electron chi connectivity index (χ2n) is 12.9. The van der Waals surface area contributed by atoms with E-state index in [1.165, 1.54) is 6.07 Å². The molecule has 224 valence electrons. The summed E-state index contributed by atoms with van der Waals surface area (Å²) in [4.78, 5) is 4.73. The quantitative estimate of drug-likeness (QED) is 0.196. The molecule has 2 heterocycles. The van der Waals surface area contributed by atoms with Crippen LogP contribution >= 0.6 is 0 Å². The Morgan fingerprint density at radius 1 is 1.05 bits per heavy atom. The summed E-state index contributed by atoms with van der Waals surface area (Å²) < 4.78 is 28.7. The lowest BCUT2D eigenvalue weighted by atomic mass is 9.93. The molecule has 0 aliphatic heterocycles. The van der Waals surface area contributed by atoms with Crippen molar-refractivity contribution in [1.29, 1.82) is 0 Å². The predicted octanol–water partition coefficient (Wildman–Crippen LogP) is 7.53. The summed E-state index contributed by atoms with van der Waals surface area (Å²) in [5.74, 6) is 1.12. The van der Waals surface area contributed by atoms with Crippen LogP contribution in [-0.2, 0) is 17.6 Å². The van der Waals surface area contributed by atoms with Crippen LogP contribution in [0, 0.1) is 5.82 Å². The molecule has 0 bridgehead atoms. The minimum Gasteiger partial charge on any atom is -0.497 e. The van der Waals surface area contributed by atoms with Crippen LogP contribution in [0.2, 0.25) is 18.1 Å². The molecule has 9 heteroatoms. The van der Waals surface area contributed by atoms with E-state index in [0.29, 0.717) is 12.6 Å². The van der Waals surface area contributed by atoms with Crippen molar-refractivity contribution in [2.24, 2.45) is 0 Å². The highest BCUT2D eigenvalue weighted by Crippen LogP contribution is 2.40. The molecule has 0 spiro atoms. The molecule has 42 heavy (non-hydrogen) atoms. The van der Waals surface area contributed by atoms with Crippen LogP contribution in [0.4, 0.5) is 10.2 Å². The van der Waals surface area contributed by atoms with Gasteiger partial charge in [-0.2, -0.15) is 5.10 Å². The number of methoxy groups -OCH3 is 1. The van der Waals surface area contributed by atoms with Gasteiger partial charge < -0.3 is 19.6 Å². The van der Waals surface area contributed by atoms with E-state index in [0.717, 1.165) is 65.0 Å². The maximum Gasteiger partial charge on any atom is 0.192 e. The predicted molar refractivity (Wildman–Crippen MR) is 169 cm³/mol. The Hall–Kier alpha value is -3.27. The average Bonchev–Trinajstić information content (AvgIpc) is 3.30. The third kappa shape index (κ3) is 6.38. The molecule has 0 amide bonds. The van der Waals surface area contributed by atoms with Crippen LogP contribution in [0.3, 0.4) is 0 Å². The number of aliphatic hydroxyl groups is 1. The summed E-state index contributed by atoms with van der Waals surface area (Å²) in [6.45, 7) is 11.7. The fourth-order valence-corrected chi connectivity index (χ4v) is 6.83. The molecule has 4 aromatic rings. The lowest BCUT2D eigenvalue weighted by Gasteiger charge is -2.41. The third-order valence-electron chi connectivity index (χ3n) is 8.94. The zero-order chi connectivity index (χ0) is 30.1. The normalized spacial score (nSPS) is 17.9. The van der Waals surface area contributed by atoms with E-state index >= 15 is 0 Å². The average molecular weight is 591 g/mol. The van der Waals surface area contributed by atoms with Gasteiger partial charge in [0.05, 0.1) is 25.6 Å². The molecule has 1 saturated carbocycles. The zero-order valence-electron chi connectivity index (χ0n) is 25.6. The largest absolute Gasteiger partial charge is 0.497 e. The van der Waals surface area contributed by atoms with Crippen LogP contribution in [-0.4, -0.2) is 47.4 Å². The lowest BCUT2D eigenvalue weighted by Crippen LogP contribution is -2.45. The molecule has 2 aromatic carbocycles. The Kier molecular flexibility index (Phi) is 8.73. The molecular weight excluding hydrogens is 547 g/mol. The Balaban J connectivity index is 1.45. The maximum atomic E-state index is 14.8. The molecule has 7 nitrogen and oxygen atoms in total. The molecule has 0 unspecified atom stereocenters. The first-order valence-electron chi connectivity index (χ1n) is 14.8. The number of hydrogen-bond acceptors (Lipinski definition) is 6. The van der Waals surface area contributed by atoms with Crippen molar-refractivity contribution < 1.29 is 18.7 Å². The number of ether oxygens (including phenoxy) is 1.